The first kappa shape index (κ1) is 22.3. The standard InChI is InChI=1S/C23H23FN2O4S/c1-16-14-17(23(27)26(2)15-18-6-4-5-7-21(18)24)8-13-22(16)25-31(28,29)20-11-9-19(30-3)10-12-20/h4-14,25H,15H2,1-3H3. The van der Waals surface area contributed by atoms with Crippen molar-refractivity contribution in [1.29, 1.82) is 0 Å². The fourth-order valence-electron chi connectivity index (χ4n) is 3.04. The fourth-order valence-corrected chi connectivity index (χ4v) is 4.17. The molecule has 162 valence electrons. The summed E-state index contributed by atoms with van der Waals surface area (Å²) in [5, 5.41) is 0. The van der Waals surface area contributed by atoms with E-state index in [2.05, 4.69) is 4.72 Å². The average molecular weight is 443 g/mol. The molecule has 0 radical (unpaired) electrons. The lowest BCUT2D eigenvalue weighted by Gasteiger charge is -2.19. The number of hydrogen-bond acceptors (Lipinski definition) is 4. The van der Waals surface area contributed by atoms with Crippen molar-refractivity contribution in [1.82, 2.24) is 4.90 Å². The van der Waals surface area contributed by atoms with Gasteiger partial charge in [-0.1, -0.05) is 18.2 Å². The SMILES string of the molecule is COc1ccc(S(=O)(=O)Nc2ccc(C(=O)N(C)Cc3ccccc3F)cc2C)cc1. The van der Waals surface area contributed by atoms with Gasteiger partial charge in [0.15, 0.2) is 0 Å². The summed E-state index contributed by atoms with van der Waals surface area (Å²) in [6.07, 6.45) is 0. The summed E-state index contributed by atoms with van der Waals surface area (Å²) in [4.78, 5) is 14.2. The van der Waals surface area contributed by atoms with E-state index in [0.717, 1.165) is 0 Å². The Morgan fingerprint density at radius 3 is 2.35 bits per heavy atom. The number of aryl methyl sites for hydroxylation is 1. The normalized spacial score (nSPS) is 11.1. The molecule has 8 heteroatoms. The van der Waals surface area contributed by atoms with Crippen molar-refractivity contribution in [2.24, 2.45) is 0 Å². The van der Waals surface area contributed by atoms with Gasteiger partial charge in [0.25, 0.3) is 15.9 Å². The highest BCUT2D eigenvalue weighted by molar-refractivity contribution is 7.92. The van der Waals surface area contributed by atoms with Crippen LogP contribution in [0.25, 0.3) is 0 Å². The van der Waals surface area contributed by atoms with Gasteiger partial charge in [0, 0.05) is 24.7 Å². The Labute approximate surface area is 181 Å². The number of ether oxygens (including phenoxy) is 1. The molecule has 0 heterocycles. The Bertz CT molecular complexity index is 1190. The van der Waals surface area contributed by atoms with E-state index in [0.29, 0.717) is 28.1 Å². The van der Waals surface area contributed by atoms with E-state index in [1.165, 1.54) is 30.2 Å². The van der Waals surface area contributed by atoms with Crippen LogP contribution in [0.15, 0.2) is 71.6 Å². The molecule has 0 bridgehead atoms. The molecule has 1 amide bonds. The average Bonchev–Trinajstić information content (AvgIpc) is 2.76. The van der Waals surface area contributed by atoms with Crippen LogP contribution in [0, 0.1) is 12.7 Å². The second kappa shape index (κ2) is 9.18. The third-order valence-electron chi connectivity index (χ3n) is 4.80. The lowest BCUT2D eigenvalue weighted by atomic mass is 10.1. The van der Waals surface area contributed by atoms with Crippen LogP contribution >= 0.6 is 0 Å². The Morgan fingerprint density at radius 1 is 1.06 bits per heavy atom. The third-order valence-corrected chi connectivity index (χ3v) is 6.18. The zero-order valence-corrected chi connectivity index (χ0v) is 18.2. The van der Waals surface area contributed by atoms with Gasteiger partial charge < -0.3 is 9.64 Å². The van der Waals surface area contributed by atoms with Gasteiger partial charge >= 0.3 is 0 Å². The minimum Gasteiger partial charge on any atom is -0.497 e. The Balaban J connectivity index is 1.75. The summed E-state index contributed by atoms with van der Waals surface area (Å²) in [5.74, 6) is -0.116. The quantitative estimate of drug-likeness (QED) is 0.595. The topological polar surface area (TPSA) is 75.7 Å². The molecule has 3 aromatic carbocycles. The summed E-state index contributed by atoms with van der Waals surface area (Å²) in [6, 6.07) is 17.0. The van der Waals surface area contributed by atoms with Gasteiger partial charge in [-0.3, -0.25) is 9.52 Å². The van der Waals surface area contributed by atoms with Crippen molar-refractivity contribution in [3.8, 4) is 5.75 Å². The summed E-state index contributed by atoms with van der Waals surface area (Å²) in [6.45, 7) is 1.83. The molecule has 1 N–H and O–H groups in total. The van der Waals surface area contributed by atoms with Gasteiger partial charge in [-0.25, -0.2) is 12.8 Å². The van der Waals surface area contributed by atoms with Gasteiger partial charge in [-0.2, -0.15) is 0 Å². The molecular weight excluding hydrogens is 419 g/mol. The number of nitrogens with zero attached hydrogens (tertiary/aromatic N) is 1. The zero-order chi connectivity index (χ0) is 22.6. The van der Waals surface area contributed by atoms with Crippen LogP contribution in [0.4, 0.5) is 10.1 Å². The highest BCUT2D eigenvalue weighted by Crippen LogP contribution is 2.23. The molecule has 0 unspecified atom stereocenters. The maximum atomic E-state index is 13.9. The number of anilines is 1. The largest absolute Gasteiger partial charge is 0.497 e. The van der Waals surface area contributed by atoms with E-state index < -0.39 is 10.0 Å². The molecule has 0 aliphatic heterocycles. The second-order valence-electron chi connectivity index (χ2n) is 7.06. The van der Waals surface area contributed by atoms with E-state index >= 15 is 0 Å². The molecule has 0 atom stereocenters. The van der Waals surface area contributed by atoms with Crippen molar-refractivity contribution in [2.75, 3.05) is 18.9 Å². The van der Waals surface area contributed by atoms with E-state index in [1.54, 1.807) is 62.5 Å². The lowest BCUT2D eigenvalue weighted by Crippen LogP contribution is -2.26. The van der Waals surface area contributed by atoms with E-state index in [1.807, 2.05) is 0 Å². The van der Waals surface area contributed by atoms with Crippen LogP contribution in [-0.4, -0.2) is 33.4 Å². The van der Waals surface area contributed by atoms with E-state index in [4.69, 9.17) is 4.74 Å². The maximum Gasteiger partial charge on any atom is 0.261 e. The number of halogens is 1. The number of amides is 1. The second-order valence-corrected chi connectivity index (χ2v) is 8.75. The third kappa shape index (κ3) is 5.21. The number of carbonyl (C=O) groups excluding carboxylic acids is 1. The van der Waals surface area contributed by atoms with Crippen molar-refractivity contribution in [3.05, 3.63) is 89.2 Å². The van der Waals surface area contributed by atoms with E-state index in [9.17, 15) is 17.6 Å². The smallest absolute Gasteiger partial charge is 0.261 e. The summed E-state index contributed by atoms with van der Waals surface area (Å²) >= 11 is 0. The lowest BCUT2D eigenvalue weighted by molar-refractivity contribution is 0.0784. The van der Waals surface area contributed by atoms with Crippen LogP contribution in [0.1, 0.15) is 21.5 Å². The molecular formula is C23H23FN2O4S. The number of benzene rings is 3. The molecule has 0 aliphatic carbocycles. The van der Waals surface area contributed by atoms with Crippen molar-refractivity contribution in [3.63, 3.8) is 0 Å². The number of nitrogens with one attached hydrogen (secondary N) is 1. The first-order valence-corrected chi connectivity index (χ1v) is 11.0. The Morgan fingerprint density at radius 2 is 1.74 bits per heavy atom. The number of methoxy groups -OCH3 is 1. The molecule has 0 aliphatic rings. The highest BCUT2D eigenvalue weighted by Gasteiger charge is 2.18. The summed E-state index contributed by atoms with van der Waals surface area (Å²) in [7, 11) is -0.709. The summed E-state index contributed by atoms with van der Waals surface area (Å²) in [5.41, 5.74) is 1.74. The predicted octanol–water partition coefficient (Wildman–Crippen LogP) is 4.22. The predicted molar refractivity (Wildman–Crippen MR) is 117 cm³/mol. The van der Waals surface area contributed by atoms with Crippen LogP contribution in [0.5, 0.6) is 5.75 Å². The van der Waals surface area contributed by atoms with Crippen LogP contribution in [0.3, 0.4) is 0 Å². The van der Waals surface area contributed by atoms with Crippen molar-refractivity contribution < 1.29 is 22.3 Å². The highest BCUT2D eigenvalue weighted by atomic mass is 32.2. The van der Waals surface area contributed by atoms with Crippen LogP contribution < -0.4 is 9.46 Å². The van der Waals surface area contributed by atoms with Gasteiger partial charge in [-0.05, 0) is 61.0 Å². The van der Waals surface area contributed by atoms with Gasteiger partial charge in [-0.15, -0.1) is 0 Å². The first-order valence-electron chi connectivity index (χ1n) is 9.47. The minimum absolute atomic E-state index is 0.0949. The van der Waals surface area contributed by atoms with E-state index in [-0.39, 0.29) is 23.2 Å². The molecule has 0 saturated heterocycles. The van der Waals surface area contributed by atoms with Gasteiger partial charge in [0.1, 0.15) is 11.6 Å². The van der Waals surface area contributed by atoms with Crippen LogP contribution in [-0.2, 0) is 16.6 Å². The minimum atomic E-state index is -3.80. The fraction of sp³-hybridized carbons (Fsp3) is 0.174. The van der Waals surface area contributed by atoms with Gasteiger partial charge in [0.2, 0.25) is 0 Å². The molecule has 0 aromatic heterocycles. The van der Waals surface area contributed by atoms with Crippen molar-refractivity contribution in [2.45, 2.75) is 18.4 Å². The van der Waals surface area contributed by atoms with Crippen molar-refractivity contribution >= 4 is 21.6 Å². The monoisotopic (exact) mass is 442 g/mol. The Kier molecular flexibility index (Phi) is 6.60. The first-order chi connectivity index (χ1) is 14.7. The molecule has 0 spiro atoms. The molecule has 0 saturated carbocycles. The zero-order valence-electron chi connectivity index (χ0n) is 17.4. The maximum absolute atomic E-state index is 13.9. The molecule has 0 fully saturated rings. The molecule has 3 aromatic rings. The van der Waals surface area contributed by atoms with Crippen LogP contribution in [0.2, 0.25) is 0 Å². The van der Waals surface area contributed by atoms with Gasteiger partial charge in [0.05, 0.1) is 17.7 Å². The number of hydrogen-bond donors (Lipinski definition) is 1. The molecule has 31 heavy (non-hydrogen) atoms. The molecule has 6 nitrogen and oxygen atoms in total. The Hall–Kier alpha value is -3.39. The number of rotatable bonds is 7. The summed E-state index contributed by atoms with van der Waals surface area (Å²) < 4.78 is 46.8. The number of sulfonamides is 1. The molecule has 3 rings (SSSR count). The number of carbonyl (C=O) groups is 1.